The van der Waals surface area contributed by atoms with E-state index < -0.39 is 0 Å². The lowest BCUT2D eigenvalue weighted by molar-refractivity contribution is 0.661. The number of benzene rings is 6. The van der Waals surface area contributed by atoms with Crippen LogP contribution in [0.1, 0.15) is 25.0 Å². The van der Waals surface area contributed by atoms with Crippen LogP contribution < -0.4 is 0 Å². The van der Waals surface area contributed by atoms with Crippen molar-refractivity contribution in [3.05, 3.63) is 151 Å². The Hall–Kier alpha value is -5.58. The molecule has 4 heteroatoms. The Labute approximate surface area is 276 Å². The highest BCUT2D eigenvalue weighted by Crippen LogP contribution is 2.51. The van der Waals surface area contributed by atoms with Gasteiger partial charge < -0.3 is 0 Å². The fourth-order valence-corrected chi connectivity index (χ4v) is 8.99. The van der Waals surface area contributed by atoms with E-state index in [0.717, 1.165) is 39.5 Å². The summed E-state index contributed by atoms with van der Waals surface area (Å²) in [5, 5.41) is 5.02. The number of fused-ring (bicyclic) bond motifs is 9. The number of thiophene rings is 1. The maximum Gasteiger partial charge on any atom is 0.162 e. The Balaban J connectivity index is 1.30. The predicted molar refractivity (Wildman–Crippen MR) is 198 cm³/mol. The number of hydrogen-bond acceptors (Lipinski definition) is 3. The van der Waals surface area contributed by atoms with E-state index in [4.69, 9.17) is 9.97 Å². The molecular formula is C43H29N3S. The molecule has 3 aromatic heterocycles. The van der Waals surface area contributed by atoms with Crippen LogP contribution in [0.3, 0.4) is 0 Å². The van der Waals surface area contributed by atoms with Crippen LogP contribution in [0.4, 0.5) is 0 Å². The SMILES string of the molecule is CC1(C)c2ccccc2-c2cc3c(cc21)c1ccccc1n3-c1cc(-c2cccc3c2sc2ccccc23)nc(-c2ccccc2)n1. The summed E-state index contributed by atoms with van der Waals surface area (Å²) in [6.07, 6.45) is 0. The largest absolute Gasteiger partial charge is 0.294 e. The van der Waals surface area contributed by atoms with Crippen LogP contribution in [0, 0.1) is 0 Å². The molecule has 0 amide bonds. The molecule has 0 atom stereocenters. The summed E-state index contributed by atoms with van der Waals surface area (Å²) in [7, 11) is 0. The molecule has 0 fully saturated rings. The molecule has 1 aliphatic carbocycles. The van der Waals surface area contributed by atoms with Crippen molar-refractivity contribution < 1.29 is 0 Å². The molecule has 0 unspecified atom stereocenters. The van der Waals surface area contributed by atoms with Gasteiger partial charge in [-0.1, -0.05) is 123 Å². The molecule has 47 heavy (non-hydrogen) atoms. The van der Waals surface area contributed by atoms with Gasteiger partial charge >= 0.3 is 0 Å². The minimum absolute atomic E-state index is 0.0746. The third kappa shape index (κ3) is 3.79. The lowest BCUT2D eigenvalue weighted by atomic mass is 9.82. The summed E-state index contributed by atoms with van der Waals surface area (Å²) in [6, 6.07) is 50.2. The van der Waals surface area contributed by atoms with Crippen molar-refractivity contribution in [3.8, 4) is 39.6 Å². The molecule has 6 aromatic carbocycles. The molecule has 222 valence electrons. The Morgan fingerprint density at radius 3 is 2.15 bits per heavy atom. The first-order chi connectivity index (χ1) is 23.1. The van der Waals surface area contributed by atoms with E-state index >= 15 is 0 Å². The van der Waals surface area contributed by atoms with Crippen molar-refractivity contribution >= 4 is 53.3 Å². The molecule has 0 spiro atoms. The van der Waals surface area contributed by atoms with Gasteiger partial charge in [-0.2, -0.15) is 0 Å². The van der Waals surface area contributed by atoms with E-state index in [9.17, 15) is 0 Å². The highest BCUT2D eigenvalue weighted by molar-refractivity contribution is 7.26. The van der Waals surface area contributed by atoms with Gasteiger partial charge in [0.1, 0.15) is 5.82 Å². The zero-order chi connectivity index (χ0) is 31.3. The van der Waals surface area contributed by atoms with Crippen molar-refractivity contribution in [1.29, 1.82) is 0 Å². The van der Waals surface area contributed by atoms with Gasteiger partial charge in [-0.3, -0.25) is 4.57 Å². The van der Waals surface area contributed by atoms with E-state index in [1.807, 2.05) is 17.4 Å². The Kier molecular flexibility index (Phi) is 5.50. The second-order valence-electron chi connectivity index (χ2n) is 13.0. The average molecular weight is 620 g/mol. The average Bonchev–Trinajstić information content (AvgIpc) is 3.73. The zero-order valence-electron chi connectivity index (χ0n) is 26.0. The summed E-state index contributed by atoms with van der Waals surface area (Å²) in [6.45, 7) is 4.69. The Morgan fingerprint density at radius 1 is 0.532 bits per heavy atom. The van der Waals surface area contributed by atoms with Crippen LogP contribution in [0.25, 0.3) is 81.6 Å². The molecule has 0 saturated carbocycles. The molecule has 0 bridgehead atoms. The first-order valence-electron chi connectivity index (χ1n) is 16.1. The first kappa shape index (κ1) is 26.6. The van der Waals surface area contributed by atoms with E-state index in [2.05, 4.69) is 152 Å². The predicted octanol–water partition coefficient (Wildman–Crippen LogP) is 11.6. The first-order valence-corrected chi connectivity index (χ1v) is 16.9. The molecule has 10 rings (SSSR count). The van der Waals surface area contributed by atoms with Gasteiger partial charge in [-0.05, 0) is 46.5 Å². The fraction of sp³-hybridized carbons (Fsp3) is 0.0698. The maximum absolute atomic E-state index is 5.32. The Bertz CT molecular complexity index is 2710. The van der Waals surface area contributed by atoms with E-state index in [1.165, 1.54) is 53.2 Å². The van der Waals surface area contributed by atoms with Crippen LogP contribution >= 0.6 is 11.3 Å². The second kappa shape index (κ2) is 9.71. The highest BCUT2D eigenvalue weighted by Gasteiger charge is 2.36. The maximum atomic E-state index is 5.32. The van der Waals surface area contributed by atoms with Gasteiger partial charge in [-0.25, -0.2) is 9.97 Å². The standard InChI is InChI=1S/C43H29N3S/c1-43(2)34-20-9-6-15-27(34)32-24-38-33(23-35(32)43)28-16-7-10-21-37(28)46(38)40-25-36(44-42(45-40)26-13-4-3-5-14-26)31-19-12-18-30-29-17-8-11-22-39(29)47-41(30)31/h3-25H,1-2H3. The minimum atomic E-state index is -0.0746. The van der Waals surface area contributed by atoms with Crippen LogP contribution in [-0.2, 0) is 5.41 Å². The molecular weight excluding hydrogens is 591 g/mol. The third-order valence-electron chi connectivity index (χ3n) is 10.0. The summed E-state index contributed by atoms with van der Waals surface area (Å²) in [5.74, 6) is 1.58. The van der Waals surface area contributed by atoms with Gasteiger partial charge in [-0.15, -0.1) is 11.3 Å². The molecule has 3 nitrogen and oxygen atoms in total. The van der Waals surface area contributed by atoms with Crippen LogP contribution in [-0.4, -0.2) is 14.5 Å². The van der Waals surface area contributed by atoms with Crippen molar-refractivity contribution in [1.82, 2.24) is 14.5 Å². The number of hydrogen-bond donors (Lipinski definition) is 0. The summed E-state index contributed by atoms with van der Waals surface area (Å²) in [5.41, 5.74) is 10.6. The molecule has 9 aromatic rings. The van der Waals surface area contributed by atoms with Gasteiger partial charge in [0, 0.05) is 53.6 Å². The monoisotopic (exact) mass is 619 g/mol. The molecule has 0 aliphatic heterocycles. The van der Waals surface area contributed by atoms with Crippen molar-refractivity contribution in [2.45, 2.75) is 19.3 Å². The lowest BCUT2D eigenvalue weighted by Gasteiger charge is -2.21. The van der Waals surface area contributed by atoms with Crippen molar-refractivity contribution in [2.75, 3.05) is 0 Å². The van der Waals surface area contributed by atoms with Crippen molar-refractivity contribution in [3.63, 3.8) is 0 Å². The smallest absolute Gasteiger partial charge is 0.162 e. The zero-order valence-corrected chi connectivity index (χ0v) is 26.8. The van der Waals surface area contributed by atoms with E-state index in [1.54, 1.807) is 0 Å². The summed E-state index contributed by atoms with van der Waals surface area (Å²) < 4.78 is 4.88. The number of para-hydroxylation sites is 1. The van der Waals surface area contributed by atoms with Crippen LogP contribution in [0.15, 0.2) is 140 Å². The topological polar surface area (TPSA) is 30.7 Å². The molecule has 0 saturated heterocycles. The molecule has 3 heterocycles. The van der Waals surface area contributed by atoms with Crippen molar-refractivity contribution in [2.24, 2.45) is 0 Å². The van der Waals surface area contributed by atoms with E-state index in [0.29, 0.717) is 0 Å². The van der Waals surface area contributed by atoms with E-state index in [-0.39, 0.29) is 5.41 Å². The normalized spacial score (nSPS) is 13.5. The van der Waals surface area contributed by atoms with Crippen LogP contribution in [0.2, 0.25) is 0 Å². The molecule has 0 radical (unpaired) electrons. The fourth-order valence-electron chi connectivity index (χ4n) is 7.76. The third-order valence-corrected chi connectivity index (χ3v) is 11.2. The lowest BCUT2D eigenvalue weighted by Crippen LogP contribution is -2.14. The second-order valence-corrected chi connectivity index (χ2v) is 14.1. The molecule has 1 aliphatic rings. The van der Waals surface area contributed by atoms with Gasteiger partial charge in [0.15, 0.2) is 5.82 Å². The number of nitrogens with zero attached hydrogens (tertiary/aromatic N) is 3. The minimum Gasteiger partial charge on any atom is -0.294 e. The van der Waals surface area contributed by atoms with Gasteiger partial charge in [0.25, 0.3) is 0 Å². The van der Waals surface area contributed by atoms with Crippen LogP contribution in [0.5, 0.6) is 0 Å². The van der Waals surface area contributed by atoms with Gasteiger partial charge in [0.2, 0.25) is 0 Å². The van der Waals surface area contributed by atoms with Gasteiger partial charge in [0.05, 0.1) is 16.7 Å². The Morgan fingerprint density at radius 2 is 1.26 bits per heavy atom. The highest BCUT2D eigenvalue weighted by atomic mass is 32.1. The number of rotatable bonds is 3. The quantitative estimate of drug-likeness (QED) is 0.197. The summed E-state index contributed by atoms with van der Waals surface area (Å²) in [4.78, 5) is 10.6. The summed E-state index contributed by atoms with van der Waals surface area (Å²) >= 11 is 1.83. The molecule has 0 N–H and O–H groups in total. The number of aromatic nitrogens is 3.